The second kappa shape index (κ2) is 7.27. The maximum absolute atomic E-state index is 12.6. The van der Waals surface area contributed by atoms with Gasteiger partial charge in [-0.05, 0) is 25.1 Å². The molecule has 5 nitrogen and oxygen atoms in total. The number of amides is 1. The second-order valence-electron chi connectivity index (χ2n) is 5.76. The monoisotopic (exact) mass is 384 g/mol. The van der Waals surface area contributed by atoms with Crippen molar-refractivity contribution < 1.29 is 4.79 Å². The van der Waals surface area contributed by atoms with Crippen LogP contribution in [0.15, 0.2) is 18.2 Å². The van der Waals surface area contributed by atoms with Crippen molar-refractivity contribution >= 4 is 45.6 Å². The van der Waals surface area contributed by atoms with Gasteiger partial charge >= 0.3 is 0 Å². The molecular weight excluding hydrogens is 367 g/mol. The van der Waals surface area contributed by atoms with Gasteiger partial charge in [-0.25, -0.2) is 4.98 Å². The van der Waals surface area contributed by atoms with Gasteiger partial charge < -0.3 is 10.6 Å². The number of nitrogens with two attached hydrogens (primary N) is 1. The van der Waals surface area contributed by atoms with Gasteiger partial charge in [0.2, 0.25) is 0 Å². The minimum Gasteiger partial charge on any atom is -0.375 e. The Bertz CT molecular complexity index is 757. The third-order valence-corrected chi connectivity index (χ3v) is 5.81. The summed E-state index contributed by atoms with van der Waals surface area (Å²) in [5, 5.41) is 1.47. The van der Waals surface area contributed by atoms with E-state index in [1.807, 2.05) is 11.8 Å². The highest BCUT2D eigenvalue weighted by Gasteiger charge is 2.23. The van der Waals surface area contributed by atoms with Crippen molar-refractivity contribution in [2.75, 3.05) is 31.9 Å². The number of thiazole rings is 1. The highest BCUT2D eigenvalue weighted by molar-refractivity contribution is 7.15. The van der Waals surface area contributed by atoms with Crippen molar-refractivity contribution in [1.29, 1.82) is 0 Å². The molecule has 24 heavy (non-hydrogen) atoms. The zero-order valence-corrected chi connectivity index (χ0v) is 15.6. The predicted octanol–water partition coefficient (Wildman–Crippen LogP) is 3.30. The molecular formula is C16H18Cl2N4OS. The van der Waals surface area contributed by atoms with E-state index in [-0.39, 0.29) is 5.91 Å². The predicted molar refractivity (Wildman–Crippen MR) is 98.9 cm³/mol. The van der Waals surface area contributed by atoms with E-state index in [4.69, 9.17) is 28.9 Å². The van der Waals surface area contributed by atoms with Crippen LogP contribution in [-0.4, -0.2) is 46.9 Å². The minimum absolute atomic E-state index is 0.00793. The summed E-state index contributed by atoms with van der Waals surface area (Å²) in [5.41, 5.74) is 7.31. The Morgan fingerprint density at radius 1 is 1.25 bits per heavy atom. The minimum atomic E-state index is -0.00793. The number of nitrogens with zero attached hydrogens (tertiary/aromatic N) is 3. The molecule has 2 heterocycles. The number of carbonyl (C=O) groups excluding carboxylic acids is 1. The fraction of sp³-hybridized carbons (Fsp3) is 0.375. The molecule has 1 fully saturated rings. The Labute approximate surface area is 155 Å². The van der Waals surface area contributed by atoms with Crippen molar-refractivity contribution in [2.24, 2.45) is 0 Å². The number of aromatic nitrogens is 1. The number of carbonyl (C=O) groups is 1. The number of anilines is 1. The summed E-state index contributed by atoms with van der Waals surface area (Å²) in [5.74, 6) is -0.00793. The molecule has 2 aromatic rings. The van der Waals surface area contributed by atoms with Crippen LogP contribution in [0, 0.1) is 6.92 Å². The van der Waals surface area contributed by atoms with E-state index < -0.39 is 0 Å². The molecule has 1 saturated heterocycles. The van der Waals surface area contributed by atoms with E-state index in [0.717, 1.165) is 25.3 Å². The second-order valence-corrected chi connectivity index (χ2v) is 7.69. The SMILES string of the molecule is Cc1nc(N)sc1CN1CCN(C(=O)c2ccc(Cl)c(Cl)c2)CC1. The molecule has 2 N–H and O–H groups in total. The smallest absolute Gasteiger partial charge is 0.253 e. The molecule has 0 unspecified atom stereocenters. The average Bonchev–Trinajstić information content (AvgIpc) is 2.87. The summed E-state index contributed by atoms with van der Waals surface area (Å²) < 4.78 is 0. The van der Waals surface area contributed by atoms with E-state index in [2.05, 4.69) is 9.88 Å². The van der Waals surface area contributed by atoms with E-state index in [1.165, 1.54) is 16.2 Å². The Balaban J connectivity index is 1.59. The van der Waals surface area contributed by atoms with Gasteiger partial charge in [0.15, 0.2) is 5.13 Å². The van der Waals surface area contributed by atoms with Crippen LogP contribution in [0.3, 0.4) is 0 Å². The first kappa shape index (κ1) is 17.5. The van der Waals surface area contributed by atoms with Crippen molar-refractivity contribution in [3.05, 3.63) is 44.4 Å². The van der Waals surface area contributed by atoms with Crippen LogP contribution in [0.2, 0.25) is 10.0 Å². The molecule has 1 aromatic carbocycles. The Kier molecular flexibility index (Phi) is 5.30. The lowest BCUT2D eigenvalue weighted by Gasteiger charge is -2.34. The Morgan fingerprint density at radius 3 is 2.54 bits per heavy atom. The molecule has 0 aliphatic carbocycles. The third-order valence-electron chi connectivity index (χ3n) is 4.10. The lowest BCUT2D eigenvalue weighted by molar-refractivity contribution is 0.0629. The quantitative estimate of drug-likeness (QED) is 0.881. The van der Waals surface area contributed by atoms with Crippen molar-refractivity contribution in [3.63, 3.8) is 0 Å². The van der Waals surface area contributed by atoms with Crippen molar-refractivity contribution in [3.8, 4) is 0 Å². The van der Waals surface area contributed by atoms with Gasteiger partial charge in [0, 0.05) is 43.2 Å². The van der Waals surface area contributed by atoms with E-state index in [9.17, 15) is 4.79 Å². The molecule has 0 radical (unpaired) electrons. The Hall–Kier alpha value is -1.34. The first-order valence-electron chi connectivity index (χ1n) is 7.62. The molecule has 1 aliphatic heterocycles. The molecule has 0 saturated carbocycles. The number of halogens is 2. The summed E-state index contributed by atoms with van der Waals surface area (Å²) in [6, 6.07) is 5.00. The molecule has 0 atom stereocenters. The van der Waals surface area contributed by atoms with Gasteiger partial charge in [-0.2, -0.15) is 0 Å². The summed E-state index contributed by atoms with van der Waals surface area (Å²) >= 11 is 13.4. The topological polar surface area (TPSA) is 62.5 Å². The van der Waals surface area contributed by atoms with Crippen LogP contribution >= 0.6 is 34.5 Å². The molecule has 8 heteroatoms. The fourth-order valence-corrected chi connectivity index (χ4v) is 3.89. The van der Waals surface area contributed by atoms with E-state index in [0.29, 0.717) is 33.8 Å². The lowest BCUT2D eigenvalue weighted by atomic mass is 10.2. The number of aryl methyl sites for hydroxylation is 1. The van der Waals surface area contributed by atoms with Crippen molar-refractivity contribution in [1.82, 2.24) is 14.8 Å². The highest BCUT2D eigenvalue weighted by Crippen LogP contribution is 2.24. The zero-order valence-electron chi connectivity index (χ0n) is 13.3. The maximum atomic E-state index is 12.6. The van der Waals surface area contributed by atoms with E-state index >= 15 is 0 Å². The number of rotatable bonds is 3. The van der Waals surface area contributed by atoms with Gasteiger partial charge in [-0.15, -0.1) is 11.3 Å². The number of benzene rings is 1. The van der Waals surface area contributed by atoms with Gasteiger partial charge in [-0.3, -0.25) is 9.69 Å². The summed E-state index contributed by atoms with van der Waals surface area (Å²) in [4.78, 5) is 22.2. The summed E-state index contributed by atoms with van der Waals surface area (Å²) in [6.07, 6.45) is 0. The molecule has 1 amide bonds. The molecule has 1 aliphatic rings. The first-order chi connectivity index (χ1) is 11.4. The van der Waals surface area contributed by atoms with Crippen LogP contribution in [0.25, 0.3) is 0 Å². The van der Waals surface area contributed by atoms with Crippen LogP contribution in [0.1, 0.15) is 20.9 Å². The fourth-order valence-electron chi connectivity index (χ4n) is 2.72. The van der Waals surface area contributed by atoms with Gasteiger partial charge in [0.1, 0.15) is 0 Å². The van der Waals surface area contributed by atoms with Crippen LogP contribution < -0.4 is 5.73 Å². The number of hydrogen-bond donors (Lipinski definition) is 1. The highest BCUT2D eigenvalue weighted by atomic mass is 35.5. The molecule has 3 rings (SSSR count). The molecule has 128 valence electrons. The van der Waals surface area contributed by atoms with Crippen molar-refractivity contribution in [2.45, 2.75) is 13.5 Å². The van der Waals surface area contributed by atoms with Crippen LogP contribution in [-0.2, 0) is 6.54 Å². The number of piperazine rings is 1. The first-order valence-corrected chi connectivity index (χ1v) is 9.19. The third kappa shape index (κ3) is 3.83. The standard InChI is InChI=1S/C16H18Cl2N4OS/c1-10-14(24-16(19)20-10)9-21-4-6-22(7-5-21)15(23)11-2-3-12(17)13(18)8-11/h2-3,8H,4-7,9H2,1H3,(H2,19,20). The maximum Gasteiger partial charge on any atom is 0.253 e. The Morgan fingerprint density at radius 2 is 1.96 bits per heavy atom. The van der Waals surface area contributed by atoms with Crippen LogP contribution in [0.4, 0.5) is 5.13 Å². The van der Waals surface area contributed by atoms with Crippen LogP contribution in [0.5, 0.6) is 0 Å². The largest absolute Gasteiger partial charge is 0.375 e. The summed E-state index contributed by atoms with van der Waals surface area (Å²) in [7, 11) is 0. The van der Waals surface area contributed by atoms with Gasteiger partial charge in [-0.1, -0.05) is 23.2 Å². The normalized spacial score (nSPS) is 15.7. The number of nitrogen functional groups attached to an aromatic ring is 1. The van der Waals surface area contributed by atoms with Gasteiger partial charge in [0.25, 0.3) is 5.91 Å². The lowest BCUT2D eigenvalue weighted by Crippen LogP contribution is -2.48. The molecule has 0 bridgehead atoms. The zero-order chi connectivity index (χ0) is 17.3. The number of hydrogen-bond acceptors (Lipinski definition) is 5. The average molecular weight is 385 g/mol. The molecule has 1 aromatic heterocycles. The summed E-state index contributed by atoms with van der Waals surface area (Å²) in [6.45, 7) is 5.83. The van der Waals surface area contributed by atoms with Gasteiger partial charge in [0.05, 0.1) is 15.7 Å². The van der Waals surface area contributed by atoms with E-state index in [1.54, 1.807) is 18.2 Å². The molecule has 0 spiro atoms.